The molecule has 23 heavy (non-hydrogen) atoms. The second-order valence-corrected chi connectivity index (χ2v) is 6.42. The van der Waals surface area contributed by atoms with Crippen LogP contribution in [0.25, 0.3) is 21.9 Å². The second-order valence-electron chi connectivity index (χ2n) is 6.42. The molecule has 1 heterocycles. The first kappa shape index (κ1) is 15.5. The van der Waals surface area contributed by atoms with Crippen LogP contribution < -0.4 is 4.73 Å². The van der Waals surface area contributed by atoms with Gasteiger partial charge in [-0.05, 0) is 43.2 Å². The van der Waals surface area contributed by atoms with Gasteiger partial charge in [0.15, 0.2) is 6.20 Å². The normalized spacial score (nSPS) is 11.4. The molecule has 0 radical (unpaired) electrons. The Kier molecular flexibility index (Phi) is 3.80. The lowest BCUT2D eigenvalue weighted by atomic mass is 9.91. The van der Waals surface area contributed by atoms with Crippen LogP contribution >= 0.6 is 0 Å². The topological polar surface area (TPSA) is 26.9 Å². The summed E-state index contributed by atoms with van der Waals surface area (Å²) >= 11 is 0. The van der Waals surface area contributed by atoms with Crippen LogP contribution in [0, 0.1) is 24.9 Å². The Balaban J connectivity index is 2.44. The maximum Gasteiger partial charge on any atom is 0.203 e. The van der Waals surface area contributed by atoms with E-state index in [9.17, 15) is 9.60 Å². The lowest BCUT2D eigenvalue weighted by molar-refractivity contribution is -0.613. The monoisotopic (exact) mass is 309 g/mol. The highest BCUT2D eigenvalue weighted by molar-refractivity contribution is 5.97. The molecule has 118 valence electrons. The third-order valence-electron chi connectivity index (χ3n) is 4.22. The smallest absolute Gasteiger partial charge is 0.203 e. The Labute approximate surface area is 135 Å². The summed E-state index contributed by atoms with van der Waals surface area (Å²) in [6, 6.07) is 11.1. The number of aromatic nitrogens is 1. The molecule has 1 aromatic heterocycles. The average Bonchev–Trinajstić information content (AvgIpc) is 2.48. The van der Waals surface area contributed by atoms with Crippen molar-refractivity contribution in [2.24, 2.45) is 0 Å². The fraction of sp³-hybridized carbons (Fsp3) is 0.250. The number of pyridine rings is 1. The quantitative estimate of drug-likeness (QED) is 0.482. The van der Waals surface area contributed by atoms with Gasteiger partial charge in [-0.2, -0.15) is 4.73 Å². The Hall–Kier alpha value is -2.42. The zero-order valence-corrected chi connectivity index (χ0v) is 13.9. The molecule has 0 aliphatic rings. The molecular weight excluding hydrogens is 289 g/mol. The van der Waals surface area contributed by atoms with Crippen molar-refractivity contribution < 1.29 is 9.12 Å². The molecule has 0 aliphatic heterocycles. The van der Waals surface area contributed by atoms with Gasteiger partial charge in [-0.1, -0.05) is 37.6 Å². The minimum Gasteiger partial charge on any atom is -0.618 e. The largest absolute Gasteiger partial charge is 0.618 e. The molecule has 3 aromatic rings. The maximum absolute atomic E-state index is 13.7. The van der Waals surface area contributed by atoms with Gasteiger partial charge in [0, 0.05) is 16.7 Å². The molecule has 0 N–H and O–H groups in total. The Morgan fingerprint density at radius 1 is 1.04 bits per heavy atom. The van der Waals surface area contributed by atoms with Gasteiger partial charge in [-0.25, -0.2) is 4.39 Å². The summed E-state index contributed by atoms with van der Waals surface area (Å²) in [6.45, 7) is 7.76. The zero-order chi connectivity index (χ0) is 16.7. The summed E-state index contributed by atoms with van der Waals surface area (Å²) in [5, 5.41) is 14.5. The van der Waals surface area contributed by atoms with E-state index in [4.69, 9.17) is 0 Å². The highest BCUT2D eigenvalue weighted by Crippen LogP contribution is 2.34. The molecule has 0 unspecified atom stereocenters. The minimum atomic E-state index is -0.231. The summed E-state index contributed by atoms with van der Waals surface area (Å²) in [5.41, 5.74) is 4.18. The average molecular weight is 309 g/mol. The predicted molar refractivity (Wildman–Crippen MR) is 91.9 cm³/mol. The van der Waals surface area contributed by atoms with Crippen molar-refractivity contribution in [2.75, 3.05) is 0 Å². The summed E-state index contributed by atoms with van der Waals surface area (Å²) in [7, 11) is 0. The fourth-order valence-corrected chi connectivity index (χ4v) is 3.11. The standard InChI is InChI=1S/C20H20FNO/c1-12(2)20-19(15-6-8-18(21)14(4)10-15)17-7-5-13(3)9-16(17)11-22(20)23/h5-12H,1-4H3. The van der Waals surface area contributed by atoms with E-state index in [-0.39, 0.29) is 11.7 Å². The number of nitrogens with zero attached hydrogens (tertiary/aromatic N) is 1. The summed E-state index contributed by atoms with van der Waals surface area (Å²) in [5.74, 6) is -0.163. The van der Waals surface area contributed by atoms with Crippen molar-refractivity contribution in [3.8, 4) is 11.1 Å². The van der Waals surface area contributed by atoms with Crippen LogP contribution in [-0.2, 0) is 0 Å². The van der Waals surface area contributed by atoms with E-state index in [1.165, 1.54) is 6.07 Å². The maximum atomic E-state index is 13.7. The Bertz CT molecular complexity index is 900. The van der Waals surface area contributed by atoms with E-state index >= 15 is 0 Å². The molecule has 0 spiro atoms. The second kappa shape index (κ2) is 5.65. The van der Waals surface area contributed by atoms with E-state index in [0.717, 1.165) is 32.2 Å². The van der Waals surface area contributed by atoms with E-state index in [1.54, 1.807) is 19.2 Å². The van der Waals surface area contributed by atoms with Gasteiger partial charge in [-0.3, -0.25) is 0 Å². The van der Waals surface area contributed by atoms with Crippen LogP contribution in [-0.4, -0.2) is 0 Å². The first-order valence-electron chi connectivity index (χ1n) is 7.81. The van der Waals surface area contributed by atoms with Crippen molar-refractivity contribution in [3.63, 3.8) is 0 Å². The molecule has 2 aromatic carbocycles. The van der Waals surface area contributed by atoms with Crippen molar-refractivity contribution in [1.29, 1.82) is 0 Å². The predicted octanol–water partition coefficient (Wildman–Crippen LogP) is 5.02. The van der Waals surface area contributed by atoms with Crippen LogP contribution in [0.1, 0.15) is 36.6 Å². The van der Waals surface area contributed by atoms with Crippen LogP contribution in [0.2, 0.25) is 0 Å². The molecule has 0 amide bonds. The van der Waals surface area contributed by atoms with Gasteiger partial charge >= 0.3 is 0 Å². The van der Waals surface area contributed by atoms with Crippen molar-refractivity contribution in [1.82, 2.24) is 0 Å². The molecule has 0 aliphatic carbocycles. The number of rotatable bonds is 2. The number of aryl methyl sites for hydroxylation is 2. The van der Waals surface area contributed by atoms with Crippen molar-refractivity contribution in [3.05, 3.63) is 70.4 Å². The van der Waals surface area contributed by atoms with E-state index in [1.807, 2.05) is 45.0 Å². The summed E-state index contributed by atoms with van der Waals surface area (Å²) in [6.07, 6.45) is 1.64. The molecule has 0 atom stereocenters. The van der Waals surface area contributed by atoms with Crippen LogP contribution in [0.15, 0.2) is 42.6 Å². The van der Waals surface area contributed by atoms with Gasteiger partial charge in [0.1, 0.15) is 5.82 Å². The first-order valence-corrected chi connectivity index (χ1v) is 7.81. The summed E-state index contributed by atoms with van der Waals surface area (Å²) < 4.78 is 14.6. The highest BCUT2D eigenvalue weighted by Gasteiger charge is 2.22. The molecule has 3 heteroatoms. The van der Waals surface area contributed by atoms with Gasteiger partial charge < -0.3 is 5.21 Å². The number of benzene rings is 2. The fourth-order valence-electron chi connectivity index (χ4n) is 3.11. The molecule has 0 fully saturated rings. The first-order chi connectivity index (χ1) is 10.9. The number of hydrogen-bond donors (Lipinski definition) is 0. The van der Waals surface area contributed by atoms with E-state index in [0.29, 0.717) is 11.3 Å². The third kappa shape index (κ3) is 2.67. The van der Waals surface area contributed by atoms with Crippen molar-refractivity contribution >= 4 is 10.8 Å². The summed E-state index contributed by atoms with van der Waals surface area (Å²) in [4.78, 5) is 0. The number of hydrogen-bond acceptors (Lipinski definition) is 1. The lowest BCUT2D eigenvalue weighted by Crippen LogP contribution is -2.33. The molecule has 0 saturated carbocycles. The zero-order valence-electron chi connectivity index (χ0n) is 13.9. The van der Waals surface area contributed by atoms with Gasteiger partial charge in [0.2, 0.25) is 5.69 Å². The third-order valence-corrected chi connectivity index (χ3v) is 4.22. The SMILES string of the molecule is Cc1ccc2c(-c3ccc(F)c(C)c3)c(C(C)C)[n+]([O-])cc2c1. The Morgan fingerprint density at radius 2 is 1.78 bits per heavy atom. The molecule has 3 rings (SSSR count). The number of halogens is 1. The van der Waals surface area contributed by atoms with Crippen LogP contribution in [0.4, 0.5) is 4.39 Å². The van der Waals surface area contributed by atoms with E-state index in [2.05, 4.69) is 0 Å². The minimum absolute atomic E-state index is 0.0681. The molecular formula is C20H20FNO. The van der Waals surface area contributed by atoms with Gasteiger partial charge in [-0.15, -0.1) is 0 Å². The van der Waals surface area contributed by atoms with Gasteiger partial charge in [0.05, 0.1) is 5.56 Å². The molecule has 2 nitrogen and oxygen atoms in total. The van der Waals surface area contributed by atoms with Gasteiger partial charge in [0.25, 0.3) is 0 Å². The Morgan fingerprint density at radius 3 is 2.43 bits per heavy atom. The molecule has 0 bridgehead atoms. The van der Waals surface area contributed by atoms with Crippen LogP contribution in [0.3, 0.4) is 0 Å². The highest BCUT2D eigenvalue weighted by atomic mass is 19.1. The van der Waals surface area contributed by atoms with Crippen LogP contribution in [0.5, 0.6) is 0 Å². The van der Waals surface area contributed by atoms with E-state index < -0.39 is 0 Å². The lowest BCUT2D eigenvalue weighted by Gasteiger charge is -2.16. The number of fused-ring (bicyclic) bond motifs is 1. The van der Waals surface area contributed by atoms with Crippen molar-refractivity contribution in [2.45, 2.75) is 33.6 Å². The molecule has 0 saturated heterocycles.